The zero-order chi connectivity index (χ0) is 2.99. The Morgan fingerprint density at radius 2 is 1.75 bits per heavy atom. The third-order valence-corrected chi connectivity index (χ3v) is 2.11. The summed E-state index contributed by atoms with van der Waals surface area (Å²) in [7, 11) is 0.472. The topological polar surface area (TPSA) is 0 Å². The van der Waals surface area contributed by atoms with Gasteiger partial charge in [-0.3, -0.25) is 0 Å². The Morgan fingerprint density at radius 3 is 1.75 bits per heavy atom. The predicted molar refractivity (Wildman–Crippen MR) is 24.5 cm³/mol. The van der Waals surface area contributed by atoms with Crippen molar-refractivity contribution in [2.24, 2.45) is 0 Å². The third-order valence-electron chi connectivity index (χ3n) is 0.371. The predicted octanol–water partition coefficient (Wildman–Crippen LogP) is 0.0802. The van der Waals surface area contributed by atoms with Crippen LogP contribution in [0, 0.1) is 0 Å². The van der Waals surface area contributed by atoms with E-state index in [1.54, 1.807) is 0 Å². The van der Waals surface area contributed by atoms with Gasteiger partial charge in [0.25, 0.3) is 0 Å². The normalized spacial score (nSPS) is 26.0. The van der Waals surface area contributed by atoms with Gasteiger partial charge in [0, 0.05) is 11.5 Å². The molecule has 1 fully saturated rings. The molecular weight excluding hydrogens is 88.2 g/mol. The van der Waals surface area contributed by atoms with Crippen molar-refractivity contribution >= 4 is 20.6 Å². The lowest BCUT2D eigenvalue weighted by molar-refractivity contribution is 1.75. The van der Waals surface area contributed by atoms with E-state index < -0.39 is 0 Å². The molecule has 2 heteroatoms. The van der Waals surface area contributed by atoms with Crippen molar-refractivity contribution in [2.45, 2.75) is 0 Å². The van der Waals surface area contributed by atoms with Crippen LogP contribution in [0.15, 0.2) is 0 Å². The molecule has 0 spiro atoms. The van der Waals surface area contributed by atoms with Gasteiger partial charge in [-0.2, -0.15) is 0 Å². The maximum Gasteiger partial charge on any atom is 0.00736 e. The largest absolute Gasteiger partial charge is 0.120 e. The van der Waals surface area contributed by atoms with Crippen molar-refractivity contribution in [1.29, 1.82) is 0 Å². The Hall–Kier alpha value is 0.570. The summed E-state index contributed by atoms with van der Waals surface area (Å²) in [5.74, 6) is 2.66. The molecule has 0 aromatic heterocycles. The zero-order valence-electron chi connectivity index (χ0n) is 2.23. The Kier molecular flexibility index (Phi) is 0.530. The summed E-state index contributed by atoms with van der Waals surface area (Å²) in [6.45, 7) is 0. The molecule has 1 aliphatic heterocycles. The number of rotatable bonds is 0. The summed E-state index contributed by atoms with van der Waals surface area (Å²) in [6.07, 6.45) is 0. The highest BCUT2D eigenvalue weighted by molar-refractivity contribution is 8.32. The maximum atomic E-state index is 4.76. The van der Waals surface area contributed by atoms with E-state index >= 15 is 0 Å². The summed E-state index contributed by atoms with van der Waals surface area (Å²) in [5.41, 5.74) is 0. The summed E-state index contributed by atoms with van der Waals surface area (Å²) in [6, 6.07) is 0. The van der Waals surface area contributed by atoms with Crippen LogP contribution in [-0.4, -0.2) is 11.5 Å². The van der Waals surface area contributed by atoms with Crippen LogP contribution in [0.3, 0.4) is 0 Å². The Labute approximate surface area is 32.8 Å². The van der Waals surface area contributed by atoms with E-state index in [9.17, 15) is 0 Å². The molecule has 1 heterocycles. The molecule has 0 atom stereocenters. The maximum absolute atomic E-state index is 4.76. The molecule has 0 radical (unpaired) electrons. The number of hydrogen-bond donors (Lipinski definition) is 0. The molecule has 1 saturated heterocycles. The average molecular weight is 92.2 g/mol. The summed E-state index contributed by atoms with van der Waals surface area (Å²) in [5, 5.41) is 0. The van der Waals surface area contributed by atoms with E-state index in [1.807, 2.05) is 0 Å². The Bertz CT molecular complexity index is 42.0. The monoisotopic (exact) mass is 92.0 g/mol. The minimum absolute atomic E-state index is 0.472. The molecule has 0 aromatic rings. The Balaban J connectivity index is 2.60. The molecule has 0 nitrogen and oxygen atoms in total. The zero-order valence-corrected chi connectivity index (χ0v) is 3.86. The molecule has 0 amide bonds. The average Bonchev–Trinajstić information content (AvgIpc) is 1.75. The van der Waals surface area contributed by atoms with E-state index in [1.165, 1.54) is 11.5 Å². The van der Waals surface area contributed by atoms with Gasteiger partial charge in [-0.1, -0.05) is 11.2 Å². The van der Waals surface area contributed by atoms with Crippen molar-refractivity contribution in [2.75, 3.05) is 11.5 Å². The fourth-order valence-corrected chi connectivity index (χ4v) is 0.919. The van der Waals surface area contributed by atoms with Crippen LogP contribution < -0.4 is 0 Å². The van der Waals surface area contributed by atoms with Crippen LogP contribution in [0.4, 0.5) is 0 Å². The molecule has 1 rings (SSSR count). The first-order valence-electron chi connectivity index (χ1n) is 1.24. The first-order valence-corrected chi connectivity index (χ1v) is 3.73. The minimum atomic E-state index is 0.472. The lowest BCUT2D eigenvalue weighted by Gasteiger charge is -1.35. The van der Waals surface area contributed by atoms with Gasteiger partial charge < -0.3 is 0 Å². The highest BCUT2D eigenvalue weighted by atomic mass is 32.8. The van der Waals surface area contributed by atoms with Crippen molar-refractivity contribution in [3.05, 3.63) is 0 Å². The third kappa shape index (κ3) is 0.497. The lowest BCUT2D eigenvalue weighted by Crippen LogP contribution is -1.32. The SMILES string of the molecule is S=S1CC1. The molecule has 0 saturated carbocycles. The first kappa shape index (κ1) is 2.79. The second kappa shape index (κ2) is 0.760. The van der Waals surface area contributed by atoms with Gasteiger partial charge in [-0.05, 0) is 0 Å². The second-order valence-corrected chi connectivity index (χ2v) is 3.96. The van der Waals surface area contributed by atoms with Gasteiger partial charge in [-0.25, -0.2) is 0 Å². The smallest absolute Gasteiger partial charge is 0.00736 e. The van der Waals surface area contributed by atoms with Crippen LogP contribution in [0.25, 0.3) is 0 Å². The summed E-state index contributed by atoms with van der Waals surface area (Å²) < 4.78 is 0. The van der Waals surface area contributed by atoms with E-state index in [2.05, 4.69) is 0 Å². The van der Waals surface area contributed by atoms with Crippen molar-refractivity contribution in [3.8, 4) is 0 Å². The van der Waals surface area contributed by atoms with Crippen LogP contribution in [0.2, 0.25) is 0 Å². The molecule has 0 aliphatic carbocycles. The van der Waals surface area contributed by atoms with Gasteiger partial charge in [0.1, 0.15) is 0 Å². The summed E-state index contributed by atoms with van der Waals surface area (Å²) in [4.78, 5) is 0. The first-order chi connectivity index (χ1) is 1.89. The van der Waals surface area contributed by atoms with Crippen LogP contribution in [0.1, 0.15) is 0 Å². The fraction of sp³-hybridized carbons (Fsp3) is 1.00. The Morgan fingerprint density at radius 1 is 1.50 bits per heavy atom. The van der Waals surface area contributed by atoms with Gasteiger partial charge in [0.15, 0.2) is 0 Å². The number of hydrogen-bond acceptors (Lipinski definition) is 1. The van der Waals surface area contributed by atoms with Gasteiger partial charge in [-0.15, -0.1) is 9.45 Å². The molecule has 0 bridgehead atoms. The summed E-state index contributed by atoms with van der Waals surface area (Å²) >= 11 is 4.76. The highest BCUT2D eigenvalue weighted by Gasteiger charge is 2.05. The molecule has 24 valence electrons. The quantitative estimate of drug-likeness (QED) is 0.381. The van der Waals surface area contributed by atoms with Gasteiger partial charge in [0.05, 0.1) is 0 Å². The van der Waals surface area contributed by atoms with Crippen LogP contribution in [0.5, 0.6) is 0 Å². The standard InChI is InChI=1S/C2H4S2/c3-4-1-2-4/h1-2H2. The van der Waals surface area contributed by atoms with E-state index in [0.717, 1.165) is 0 Å². The second-order valence-electron chi connectivity index (χ2n) is 0.848. The van der Waals surface area contributed by atoms with Crippen LogP contribution in [-0.2, 0) is 20.6 Å². The minimum Gasteiger partial charge on any atom is -0.120 e. The molecule has 0 aromatic carbocycles. The van der Waals surface area contributed by atoms with Crippen molar-refractivity contribution < 1.29 is 0 Å². The molecular formula is C2H4S2. The van der Waals surface area contributed by atoms with E-state index in [4.69, 9.17) is 11.2 Å². The molecule has 0 unspecified atom stereocenters. The molecule has 0 N–H and O–H groups in total. The molecule has 4 heavy (non-hydrogen) atoms. The van der Waals surface area contributed by atoms with Crippen molar-refractivity contribution in [1.82, 2.24) is 0 Å². The van der Waals surface area contributed by atoms with Gasteiger partial charge >= 0.3 is 0 Å². The lowest BCUT2D eigenvalue weighted by atomic mass is 11.0. The highest BCUT2D eigenvalue weighted by Crippen LogP contribution is 1.96. The van der Waals surface area contributed by atoms with Gasteiger partial charge in [0.2, 0.25) is 0 Å². The molecule has 1 aliphatic rings. The van der Waals surface area contributed by atoms with Crippen LogP contribution >= 0.6 is 0 Å². The van der Waals surface area contributed by atoms with Crippen molar-refractivity contribution in [3.63, 3.8) is 0 Å². The van der Waals surface area contributed by atoms with E-state index in [0.29, 0.717) is 9.45 Å². The van der Waals surface area contributed by atoms with E-state index in [-0.39, 0.29) is 0 Å². The fourth-order valence-electron chi connectivity index (χ4n) is 0.0340.